The van der Waals surface area contributed by atoms with Crippen molar-refractivity contribution >= 4 is 60.0 Å². The Balaban J connectivity index is 1.51. The number of rotatable bonds is 9. The Kier molecular flexibility index (Phi) is 14.8. The van der Waals surface area contributed by atoms with Crippen LogP contribution in [0.1, 0.15) is 83.8 Å². The first-order valence-corrected chi connectivity index (χ1v) is 19.5. The number of carbonyl (C=O) groups is 3. The van der Waals surface area contributed by atoms with Crippen molar-refractivity contribution in [2.24, 2.45) is 17.3 Å². The molecule has 276 valence electrons. The number of thiazole rings is 1. The molecule has 14 heteroatoms. The third-order valence-electron chi connectivity index (χ3n) is 9.96. The Morgan fingerprint density at radius 3 is 2.66 bits per heavy atom. The lowest BCUT2D eigenvalue weighted by Gasteiger charge is -2.34. The molecule has 2 aliphatic heterocycles. The predicted octanol–water partition coefficient (Wildman–Crippen LogP) is 6.32. The molecule has 2 saturated heterocycles. The lowest BCUT2D eigenvalue weighted by molar-refractivity contribution is -0.154. The van der Waals surface area contributed by atoms with Crippen LogP contribution in [-0.4, -0.2) is 91.8 Å². The average molecular weight is 750 g/mol. The van der Waals surface area contributed by atoms with Gasteiger partial charge in [-0.25, -0.2) is 14.8 Å². The minimum absolute atomic E-state index is 0.0792. The van der Waals surface area contributed by atoms with Crippen LogP contribution in [0, 0.1) is 24.2 Å². The number of nitrogens with zero attached hydrogens (tertiary/aromatic N) is 3. The topological polar surface area (TPSA) is 148 Å². The minimum Gasteiger partial charge on any atom is -0.458 e. The molecular formula is C36H51N3O8S3. The number of cyclic esters (lactones) is 1. The number of aromatic nitrogens is 2. The summed E-state index contributed by atoms with van der Waals surface area (Å²) in [7, 11) is 0. The summed E-state index contributed by atoms with van der Waals surface area (Å²) in [5, 5.41) is 25.7. The van der Waals surface area contributed by atoms with Gasteiger partial charge in [0.2, 0.25) is 0 Å². The average Bonchev–Trinajstić information content (AvgIpc) is 3.56. The van der Waals surface area contributed by atoms with Crippen molar-refractivity contribution in [3.8, 4) is 0 Å². The van der Waals surface area contributed by atoms with Gasteiger partial charge in [0.15, 0.2) is 0 Å². The molecule has 50 heavy (non-hydrogen) atoms. The summed E-state index contributed by atoms with van der Waals surface area (Å²) in [6, 6.07) is 5.56. The summed E-state index contributed by atoms with van der Waals surface area (Å²) in [6.07, 6.45) is 2.56. The number of esters is 1. The van der Waals surface area contributed by atoms with Crippen LogP contribution < -0.4 is 0 Å². The first-order valence-electron chi connectivity index (χ1n) is 17.2. The fraction of sp³-hybridized carbons (Fsp3) is 0.639. The first-order chi connectivity index (χ1) is 23.7. The SMILES string of the molecule is C/C(=C\c1csc(C)n1)[C@@H]1C[C@H]2[C@@H](CCC[C@H](C)[C@H](O)[C@@H](C)C(=O)C(C)(C)[C@@H](O)CC(=O)O1)N2CCC(CS)OC(=O)OSc1ccccn1. The fourth-order valence-electron chi connectivity index (χ4n) is 6.64. The Morgan fingerprint density at radius 2 is 2.00 bits per heavy atom. The number of aryl methyl sites for hydroxylation is 1. The van der Waals surface area contributed by atoms with E-state index in [-0.39, 0.29) is 30.2 Å². The van der Waals surface area contributed by atoms with Crippen LogP contribution in [0.4, 0.5) is 4.79 Å². The second kappa shape index (κ2) is 18.3. The van der Waals surface area contributed by atoms with E-state index in [2.05, 4.69) is 27.5 Å². The van der Waals surface area contributed by atoms with Crippen molar-refractivity contribution in [3.05, 3.63) is 46.1 Å². The molecule has 0 saturated carbocycles. The van der Waals surface area contributed by atoms with Crippen LogP contribution in [0.2, 0.25) is 0 Å². The van der Waals surface area contributed by atoms with E-state index in [0.717, 1.165) is 47.6 Å². The van der Waals surface area contributed by atoms with E-state index in [4.69, 9.17) is 13.7 Å². The van der Waals surface area contributed by atoms with Gasteiger partial charge in [-0.2, -0.15) is 12.6 Å². The Labute approximate surface area is 309 Å². The maximum Gasteiger partial charge on any atom is 0.521 e. The molecule has 2 aliphatic rings. The van der Waals surface area contributed by atoms with E-state index in [1.54, 1.807) is 45.2 Å². The van der Waals surface area contributed by atoms with E-state index in [1.165, 1.54) is 11.3 Å². The third kappa shape index (κ3) is 11.0. The van der Waals surface area contributed by atoms with Gasteiger partial charge in [0.25, 0.3) is 0 Å². The third-order valence-corrected chi connectivity index (χ3v) is 11.8. The van der Waals surface area contributed by atoms with E-state index >= 15 is 0 Å². The highest BCUT2D eigenvalue weighted by Gasteiger charge is 2.49. The van der Waals surface area contributed by atoms with Gasteiger partial charge in [0.1, 0.15) is 35.1 Å². The largest absolute Gasteiger partial charge is 0.521 e. The molecule has 0 aliphatic carbocycles. The summed E-state index contributed by atoms with van der Waals surface area (Å²) in [4.78, 5) is 50.3. The van der Waals surface area contributed by atoms with Crippen molar-refractivity contribution in [3.63, 3.8) is 0 Å². The number of thiol groups is 1. The molecule has 9 atom stereocenters. The Hall–Kier alpha value is -2.49. The van der Waals surface area contributed by atoms with Gasteiger partial charge in [-0.3, -0.25) is 14.5 Å². The number of ether oxygens (including phenoxy) is 2. The van der Waals surface area contributed by atoms with Crippen LogP contribution >= 0.6 is 36.0 Å². The number of Topliss-reactive ketones (excluding diaryl/α,β-unsaturated/α-hetero) is 1. The number of ketones is 1. The lowest BCUT2D eigenvalue weighted by atomic mass is 9.73. The monoisotopic (exact) mass is 749 g/mol. The summed E-state index contributed by atoms with van der Waals surface area (Å²) in [5.41, 5.74) is 0.352. The molecule has 0 bridgehead atoms. The van der Waals surface area contributed by atoms with Gasteiger partial charge in [-0.1, -0.05) is 40.2 Å². The molecule has 0 radical (unpaired) electrons. The standard InChI is InChI=1S/C36H51N3O8S3/c1-21-10-9-11-27-28(39(27)15-13-26(19-48)45-35(44)47-50-31-12-7-8-14-37-31)17-29(22(2)16-25-20-49-24(4)38-25)46-32(41)18-30(40)36(5,6)34(43)23(3)33(21)42/h7-8,12,14,16,20-21,23,26-30,33,40,42,48H,9-11,13,15,17-19H2,1-6H3/b22-16+/t21-,23+,26?,27+,28-,29-,30-,33-,39?/m0/s1. The molecule has 2 unspecified atom stereocenters. The minimum atomic E-state index is -1.29. The van der Waals surface area contributed by atoms with Crippen LogP contribution in [0.15, 0.2) is 40.4 Å². The van der Waals surface area contributed by atoms with Crippen molar-refractivity contribution in [1.82, 2.24) is 14.9 Å². The van der Waals surface area contributed by atoms with E-state index in [1.807, 2.05) is 32.2 Å². The molecule has 0 spiro atoms. The van der Waals surface area contributed by atoms with Crippen LogP contribution in [0.5, 0.6) is 0 Å². The van der Waals surface area contributed by atoms with Gasteiger partial charge in [0, 0.05) is 48.3 Å². The molecule has 0 amide bonds. The van der Waals surface area contributed by atoms with E-state index in [0.29, 0.717) is 30.2 Å². The quantitative estimate of drug-likeness (QED) is 0.114. The van der Waals surface area contributed by atoms with Gasteiger partial charge >= 0.3 is 12.1 Å². The summed E-state index contributed by atoms with van der Waals surface area (Å²) < 4.78 is 16.8. The Morgan fingerprint density at radius 1 is 1.24 bits per heavy atom. The number of carbonyl (C=O) groups excluding carboxylic acids is 3. The summed E-state index contributed by atoms with van der Waals surface area (Å²) in [6.45, 7) is 11.3. The zero-order valence-corrected chi connectivity index (χ0v) is 32.2. The van der Waals surface area contributed by atoms with Crippen molar-refractivity contribution in [2.75, 3.05) is 12.3 Å². The summed E-state index contributed by atoms with van der Waals surface area (Å²) in [5.74, 6) is -1.43. The predicted molar refractivity (Wildman–Crippen MR) is 197 cm³/mol. The van der Waals surface area contributed by atoms with Gasteiger partial charge in [-0.05, 0) is 62.8 Å². The van der Waals surface area contributed by atoms with Crippen LogP contribution in [-0.2, 0) is 23.2 Å². The highest BCUT2D eigenvalue weighted by molar-refractivity contribution is 7.95. The smallest absolute Gasteiger partial charge is 0.458 e. The van der Waals surface area contributed by atoms with Crippen molar-refractivity contribution in [1.29, 1.82) is 0 Å². The molecule has 2 fully saturated rings. The van der Waals surface area contributed by atoms with Crippen molar-refractivity contribution in [2.45, 2.75) is 122 Å². The first kappa shape index (κ1) is 40.3. The number of aliphatic hydroxyl groups excluding tert-OH is 2. The second-order valence-electron chi connectivity index (χ2n) is 14.1. The number of aliphatic hydroxyl groups is 2. The molecule has 2 N–H and O–H groups in total. The van der Waals surface area contributed by atoms with Crippen LogP contribution in [0.25, 0.3) is 6.08 Å². The maximum atomic E-state index is 13.5. The normalized spacial score (nSPS) is 30.1. The molecule has 2 aromatic heterocycles. The van der Waals surface area contributed by atoms with Crippen molar-refractivity contribution < 1.29 is 38.3 Å². The van der Waals surface area contributed by atoms with Gasteiger partial charge in [0.05, 0.1) is 34.7 Å². The molecule has 4 rings (SSSR count). The van der Waals surface area contributed by atoms with Gasteiger partial charge in [-0.15, -0.1) is 11.3 Å². The molecule has 11 nitrogen and oxygen atoms in total. The number of pyridine rings is 1. The molecule has 2 aromatic rings. The number of hydrogen-bond donors (Lipinski definition) is 3. The lowest BCUT2D eigenvalue weighted by Crippen LogP contribution is -2.45. The fourth-order valence-corrected chi connectivity index (χ4v) is 7.90. The zero-order valence-electron chi connectivity index (χ0n) is 29.7. The Bertz CT molecular complexity index is 1470. The van der Waals surface area contributed by atoms with E-state index < -0.39 is 47.9 Å². The zero-order chi connectivity index (χ0) is 36.6. The summed E-state index contributed by atoms with van der Waals surface area (Å²) >= 11 is 6.79. The highest BCUT2D eigenvalue weighted by atomic mass is 32.2. The molecule has 0 aromatic carbocycles. The van der Waals surface area contributed by atoms with E-state index in [9.17, 15) is 24.6 Å². The highest BCUT2D eigenvalue weighted by Crippen LogP contribution is 2.40. The second-order valence-corrected chi connectivity index (χ2v) is 16.2. The molecular weight excluding hydrogens is 699 g/mol. The maximum absolute atomic E-state index is 13.5. The van der Waals surface area contributed by atoms with Crippen LogP contribution in [0.3, 0.4) is 0 Å². The number of hydrogen-bond acceptors (Lipinski definition) is 14. The molecule has 4 heterocycles. The van der Waals surface area contributed by atoms with Gasteiger partial charge < -0.3 is 23.9 Å². The number of fused-ring (bicyclic) bond motifs is 1.